The number of nitrogens with zero attached hydrogens (tertiary/aromatic N) is 2. The number of aryl methyl sites for hydroxylation is 2. The van der Waals surface area contributed by atoms with E-state index < -0.39 is 0 Å². The van der Waals surface area contributed by atoms with Gasteiger partial charge < -0.3 is 4.57 Å². The summed E-state index contributed by atoms with van der Waals surface area (Å²) in [5.41, 5.74) is 7.37. The minimum Gasteiger partial charge on any atom is -0.344 e. The highest BCUT2D eigenvalue weighted by Crippen LogP contribution is 2.28. The molecule has 1 amide bonds. The van der Waals surface area contributed by atoms with Crippen LogP contribution in [0.4, 0.5) is 0 Å². The van der Waals surface area contributed by atoms with Gasteiger partial charge in [-0.1, -0.05) is 54.6 Å². The topological polar surface area (TPSA) is 46.4 Å². The summed E-state index contributed by atoms with van der Waals surface area (Å²) in [5.74, 6) is 0.206. The molecule has 4 aromatic rings. The molecule has 0 unspecified atom stereocenters. The molecule has 0 saturated carbocycles. The molecule has 4 rings (SSSR count). The van der Waals surface area contributed by atoms with E-state index in [1.807, 2.05) is 18.2 Å². The van der Waals surface area contributed by atoms with Crippen molar-refractivity contribution in [3.63, 3.8) is 0 Å². The summed E-state index contributed by atoms with van der Waals surface area (Å²) in [7, 11) is 0. The second kappa shape index (κ2) is 8.76. The van der Waals surface area contributed by atoms with Crippen LogP contribution in [0.1, 0.15) is 23.7 Å². The Morgan fingerprint density at radius 2 is 1.77 bits per heavy atom. The second-order valence-corrected chi connectivity index (χ2v) is 8.29. The number of aromatic nitrogens is 1. The molecule has 0 radical (unpaired) electrons. The lowest BCUT2D eigenvalue weighted by atomic mass is 10.1. The molecule has 0 atom stereocenters. The Bertz CT molecular complexity index is 1250. The lowest BCUT2D eigenvalue weighted by molar-refractivity contribution is -0.118. The van der Waals surface area contributed by atoms with Crippen molar-refractivity contribution in [2.45, 2.75) is 32.2 Å². The lowest BCUT2D eigenvalue weighted by Crippen LogP contribution is -2.19. The van der Waals surface area contributed by atoms with Crippen molar-refractivity contribution in [2.75, 3.05) is 5.75 Å². The number of rotatable bonds is 6. The number of hydrazone groups is 1. The van der Waals surface area contributed by atoms with Gasteiger partial charge in [0.15, 0.2) is 0 Å². The van der Waals surface area contributed by atoms with E-state index in [2.05, 4.69) is 78.3 Å². The third kappa shape index (κ3) is 3.85. The molecule has 152 valence electrons. The van der Waals surface area contributed by atoms with Crippen molar-refractivity contribution >= 4 is 45.6 Å². The largest absolute Gasteiger partial charge is 0.344 e. The molecule has 1 aromatic heterocycles. The molecule has 0 spiro atoms. The van der Waals surface area contributed by atoms with Crippen molar-refractivity contribution < 1.29 is 4.79 Å². The summed E-state index contributed by atoms with van der Waals surface area (Å²) in [5, 5.41) is 7.76. The van der Waals surface area contributed by atoms with Gasteiger partial charge in [-0.15, -0.1) is 11.8 Å². The van der Waals surface area contributed by atoms with E-state index in [4.69, 9.17) is 0 Å². The third-order valence-corrected chi connectivity index (χ3v) is 6.47. The van der Waals surface area contributed by atoms with E-state index >= 15 is 0 Å². The predicted octanol–water partition coefficient (Wildman–Crippen LogP) is 5.67. The summed E-state index contributed by atoms with van der Waals surface area (Å²) in [6, 6.07) is 20.7. The van der Waals surface area contributed by atoms with E-state index in [0.717, 1.165) is 28.1 Å². The summed E-state index contributed by atoms with van der Waals surface area (Å²) in [6.07, 6.45) is 1.77. The monoisotopic (exact) mass is 415 g/mol. The molecule has 0 bridgehead atoms. The molecular formula is C25H25N3OS. The van der Waals surface area contributed by atoms with Crippen LogP contribution >= 0.6 is 11.8 Å². The molecule has 5 heteroatoms. The van der Waals surface area contributed by atoms with Crippen LogP contribution in [0.25, 0.3) is 21.7 Å². The normalized spacial score (nSPS) is 11.6. The molecule has 0 saturated heterocycles. The Kier molecular flexibility index (Phi) is 5.91. The Morgan fingerprint density at radius 3 is 2.60 bits per heavy atom. The number of fused-ring (bicyclic) bond motifs is 2. The minimum atomic E-state index is -0.114. The summed E-state index contributed by atoms with van der Waals surface area (Å²) >= 11 is 1.53. The van der Waals surface area contributed by atoms with Crippen LogP contribution in [0.3, 0.4) is 0 Å². The molecule has 30 heavy (non-hydrogen) atoms. The van der Waals surface area contributed by atoms with Crippen molar-refractivity contribution in [1.82, 2.24) is 9.99 Å². The Balaban J connectivity index is 1.47. The van der Waals surface area contributed by atoms with Gasteiger partial charge in [0.1, 0.15) is 0 Å². The van der Waals surface area contributed by atoms with Gasteiger partial charge in [-0.2, -0.15) is 5.10 Å². The average Bonchev–Trinajstić information content (AvgIpc) is 3.04. The summed E-state index contributed by atoms with van der Waals surface area (Å²) in [6.45, 7) is 7.27. The fraction of sp³-hybridized carbons (Fsp3) is 0.200. The van der Waals surface area contributed by atoms with Crippen LogP contribution in [-0.2, 0) is 11.3 Å². The molecule has 0 fully saturated rings. The number of amides is 1. The van der Waals surface area contributed by atoms with Gasteiger partial charge in [-0.25, -0.2) is 5.43 Å². The fourth-order valence-electron chi connectivity index (χ4n) is 3.97. The second-order valence-electron chi connectivity index (χ2n) is 7.27. The SMILES string of the molecule is CCn1c(C)c(/C=N\NC(=O)CSc2cccc3ccccc23)c2cccc(C)c21. The van der Waals surface area contributed by atoms with Crippen molar-refractivity contribution in [3.8, 4) is 0 Å². The van der Waals surface area contributed by atoms with Gasteiger partial charge >= 0.3 is 0 Å². The lowest BCUT2D eigenvalue weighted by Gasteiger charge is -2.06. The highest BCUT2D eigenvalue weighted by molar-refractivity contribution is 8.00. The fourth-order valence-corrected chi connectivity index (χ4v) is 4.83. The Morgan fingerprint density at radius 1 is 1.03 bits per heavy atom. The molecule has 3 aromatic carbocycles. The highest BCUT2D eigenvalue weighted by Gasteiger charge is 2.13. The zero-order chi connectivity index (χ0) is 21.1. The third-order valence-electron chi connectivity index (χ3n) is 5.40. The number of nitrogens with one attached hydrogen (secondary N) is 1. The smallest absolute Gasteiger partial charge is 0.250 e. The number of hydrogen-bond acceptors (Lipinski definition) is 3. The number of hydrogen-bond donors (Lipinski definition) is 1. The van der Waals surface area contributed by atoms with E-state index in [0.29, 0.717) is 5.75 Å². The van der Waals surface area contributed by atoms with Crippen LogP contribution in [-0.4, -0.2) is 22.4 Å². The first-order valence-electron chi connectivity index (χ1n) is 10.1. The van der Waals surface area contributed by atoms with E-state index in [-0.39, 0.29) is 5.91 Å². The van der Waals surface area contributed by atoms with Gasteiger partial charge in [0, 0.05) is 28.1 Å². The van der Waals surface area contributed by atoms with E-state index in [9.17, 15) is 4.79 Å². The molecule has 4 nitrogen and oxygen atoms in total. The average molecular weight is 416 g/mol. The zero-order valence-corrected chi connectivity index (χ0v) is 18.3. The maximum atomic E-state index is 12.4. The number of para-hydroxylation sites is 1. The van der Waals surface area contributed by atoms with Crippen LogP contribution in [0.5, 0.6) is 0 Å². The molecule has 0 aliphatic heterocycles. The first-order valence-corrected chi connectivity index (χ1v) is 11.1. The van der Waals surface area contributed by atoms with Crippen LogP contribution in [0.2, 0.25) is 0 Å². The van der Waals surface area contributed by atoms with Crippen molar-refractivity contribution in [3.05, 3.63) is 77.5 Å². The maximum Gasteiger partial charge on any atom is 0.250 e. The Hall–Kier alpha value is -3.05. The summed E-state index contributed by atoms with van der Waals surface area (Å²) < 4.78 is 2.30. The first kappa shape index (κ1) is 20.2. The zero-order valence-electron chi connectivity index (χ0n) is 17.5. The predicted molar refractivity (Wildman–Crippen MR) is 127 cm³/mol. The minimum absolute atomic E-state index is 0.114. The molecule has 1 N–H and O–H groups in total. The highest BCUT2D eigenvalue weighted by atomic mass is 32.2. The van der Waals surface area contributed by atoms with E-state index in [1.165, 1.54) is 33.6 Å². The van der Waals surface area contributed by atoms with Crippen LogP contribution in [0, 0.1) is 13.8 Å². The van der Waals surface area contributed by atoms with Gasteiger partial charge in [-0.05, 0) is 43.2 Å². The quantitative estimate of drug-likeness (QED) is 0.250. The number of benzene rings is 3. The van der Waals surface area contributed by atoms with Gasteiger partial charge in [-0.3, -0.25) is 4.79 Å². The van der Waals surface area contributed by atoms with Gasteiger partial charge in [0.2, 0.25) is 5.91 Å². The van der Waals surface area contributed by atoms with Gasteiger partial charge in [0.25, 0.3) is 0 Å². The molecule has 0 aliphatic carbocycles. The molecular weight excluding hydrogens is 390 g/mol. The summed E-state index contributed by atoms with van der Waals surface area (Å²) in [4.78, 5) is 13.5. The number of carbonyl (C=O) groups excluding carboxylic acids is 1. The van der Waals surface area contributed by atoms with Gasteiger partial charge in [0.05, 0.1) is 17.5 Å². The van der Waals surface area contributed by atoms with Crippen LogP contribution < -0.4 is 5.43 Å². The number of carbonyl (C=O) groups is 1. The van der Waals surface area contributed by atoms with Crippen molar-refractivity contribution in [2.24, 2.45) is 5.10 Å². The Labute approximate surface area is 181 Å². The van der Waals surface area contributed by atoms with E-state index in [1.54, 1.807) is 6.21 Å². The van der Waals surface area contributed by atoms with Crippen molar-refractivity contribution in [1.29, 1.82) is 0 Å². The standard InChI is InChI=1S/C25H25N3OS/c1-4-28-18(3)22(21-13-7-9-17(2)25(21)28)15-26-27-24(29)16-30-23-14-8-11-19-10-5-6-12-20(19)23/h5-15H,4,16H2,1-3H3,(H,27,29)/b26-15-. The maximum absolute atomic E-state index is 12.4. The number of thioether (sulfide) groups is 1. The molecule has 1 heterocycles. The molecule has 0 aliphatic rings. The van der Waals surface area contributed by atoms with Crippen LogP contribution in [0.15, 0.2) is 70.7 Å². The first-order chi connectivity index (χ1) is 14.6.